The summed E-state index contributed by atoms with van der Waals surface area (Å²) in [5.41, 5.74) is 2.10. The highest BCUT2D eigenvalue weighted by Gasteiger charge is 2.04. The first-order chi connectivity index (χ1) is 11.7. The summed E-state index contributed by atoms with van der Waals surface area (Å²) in [4.78, 5) is 0. The van der Waals surface area contributed by atoms with Gasteiger partial charge in [-0.3, -0.25) is 0 Å². The van der Waals surface area contributed by atoms with Gasteiger partial charge in [0, 0.05) is 24.9 Å². The van der Waals surface area contributed by atoms with E-state index in [-0.39, 0.29) is 6.10 Å². The van der Waals surface area contributed by atoms with E-state index < -0.39 is 0 Å². The molecule has 0 spiro atoms. The summed E-state index contributed by atoms with van der Waals surface area (Å²) in [5, 5.41) is 6.92. The number of methoxy groups -OCH3 is 1. The van der Waals surface area contributed by atoms with Gasteiger partial charge in [0.15, 0.2) is 5.11 Å². The maximum atomic E-state index is 5.84. The van der Waals surface area contributed by atoms with Crippen LogP contribution in [0, 0.1) is 0 Å². The number of hydrogen-bond donors (Lipinski definition) is 2. The summed E-state index contributed by atoms with van der Waals surface area (Å²) < 4.78 is 11.0. The van der Waals surface area contributed by atoms with Crippen molar-refractivity contribution in [3.8, 4) is 5.75 Å². The Labute approximate surface area is 149 Å². The van der Waals surface area contributed by atoms with Gasteiger partial charge in [0.05, 0.1) is 13.2 Å². The molecule has 5 heteroatoms. The number of nitrogens with one attached hydrogen (secondary N) is 2. The minimum atomic E-state index is 0.105. The average molecular weight is 344 g/mol. The Kier molecular flexibility index (Phi) is 7.52. The van der Waals surface area contributed by atoms with Crippen LogP contribution < -0.4 is 15.4 Å². The zero-order valence-electron chi connectivity index (χ0n) is 14.1. The van der Waals surface area contributed by atoms with Crippen LogP contribution in [-0.2, 0) is 4.74 Å². The monoisotopic (exact) mass is 344 g/mol. The van der Waals surface area contributed by atoms with Crippen molar-refractivity contribution in [2.75, 3.05) is 25.6 Å². The Morgan fingerprint density at radius 2 is 1.92 bits per heavy atom. The molecule has 1 atom stereocenters. The minimum Gasteiger partial charge on any atom is -0.497 e. The van der Waals surface area contributed by atoms with Gasteiger partial charge < -0.3 is 20.1 Å². The van der Waals surface area contributed by atoms with Gasteiger partial charge in [-0.2, -0.15) is 0 Å². The van der Waals surface area contributed by atoms with Crippen LogP contribution in [0.15, 0.2) is 54.6 Å². The fraction of sp³-hybridized carbons (Fsp3) is 0.316. The first kappa shape index (κ1) is 18.2. The third-order valence-corrected chi connectivity index (χ3v) is 3.82. The molecule has 4 nitrogen and oxygen atoms in total. The van der Waals surface area contributed by atoms with Gasteiger partial charge in [0.25, 0.3) is 0 Å². The van der Waals surface area contributed by atoms with Crippen LogP contribution in [0.25, 0.3) is 0 Å². The SMILES string of the molecule is COc1cccc(NC(=S)NCCCO[C@@H](C)c2ccccc2)c1. The van der Waals surface area contributed by atoms with Gasteiger partial charge in [0.2, 0.25) is 0 Å². The van der Waals surface area contributed by atoms with Crippen LogP contribution in [0.4, 0.5) is 5.69 Å². The molecule has 24 heavy (non-hydrogen) atoms. The molecule has 0 aliphatic heterocycles. The normalized spacial score (nSPS) is 11.6. The van der Waals surface area contributed by atoms with Gasteiger partial charge in [-0.15, -0.1) is 0 Å². The lowest BCUT2D eigenvalue weighted by Gasteiger charge is -2.14. The second kappa shape index (κ2) is 9.90. The Morgan fingerprint density at radius 3 is 2.67 bits per heavy atom. The fourth-order valence-corrected chi connectivity index (χ4v) is 2.45. The third kappa shape index (κ3) is 6.18. The van der Waals surface area contributed by atoms with Crippen molar-refractivity contribution < 1.29 is 9.47 Å². The molecule has 2 rings (SSSR count). The Bertz CT molecular complexity index is 634. The summed E-state index contributed by atoms with van der Waals surface area (Å²) >= 11 is 5.29. The van der Waals surface area contributed by atoms with E-state index in [2.05, 4.69) is 29.7 Å². The van der Waals surface area contributed by atoms with E-state index in [1.54, 1.807) is 7.11 Å². The number of ether oxygens (including phenoxy) is 2. The van der Waals surface area contributed by atoms with Crippen LogP contribution in [0.5, 0.6) is 5.75 Å². The molecule has 0 aromatic heterocycles. The molecule has 0 bridgehead atoms. The predicted molar refractivity (Wildman–Crippen MR) is 103 cm³/mol. The lowest BCUT2D eigenvalue weighted by molar-refractivity contribution is 0.0646. The van der Waals surface area contributed by atoms with E-state index in [0.717, 1.165) is 24.4 Å². The van der Waals surface area contributed by atoms with Crippen molar-refractivity contribution in [2.24, 2.45) is 0 Å². The molecule has 0 radical (unpaired) electrons. The van der Waals surface area contributed by atoms with Crippen LogP contribution in [-0.4, -0.2) is 25.4 Å². The number of hydrogen-bond acceptors (Lipinski definition) is 3. The summed E-state index contributed by atoms with van der Waals surface area (Å²) in [6, 6.07) is 17.9. The van der Waals surface area contributed by atoms with Gasteiger partial charge in [0.1, 0.15) is 5.75 Å². The zero-order chi connectivity index (χ0) is 17.2. The molecule has 0 amide bonds. The second-order valence-corrected chi connectivity index (χ2v) is 5.80. The van der Waals surface area contributed by atoms with Gasteiger partial charge >= 0.3 is 0 Å². The standard InChI is InChI=1S/C19H24N2O2S/c1-15(16-8-4-3-5-9-16)23-13-7-12-20-19(24)21-17-10-6-11-18(14-17)22-2/h3-6,8-11,14-15H,7,12-13H2,1-2H3,(H2,20,21,24)/t15-/m0/s1. The maximum absolute atomic E-state index is 5.84. The molecule has 2 aromatic rings. The molecule has 0 aliphatic rings. The highest BCUT2D eigenvalue weighted by molar-refractivity contribution is 7.80. The molecular weight excluding hydrogens is 320 g/mol. The van der Waals surface area contributed by atoms with Crippen molar-refractivity contribution in [3.05, 3.63) is 60.2 Å². The number of anilines is 1. The van der Waals surface area contributed by atoms with Gasteiger partial charge in [-0.05, 0) is 43.3 Å². The van der Waals surface area contributed by atoms with E-state index >= 15 is 0 Å². The molecule has 2 N–H and O–H groups in total. The highest BCUT2D eigenvalue weighted by Crippen LogP contribution is 2.17. The quantitative estimate of drug-likeness (QED) is 0.556. The first-order valence-electron chi connectivity index (χ1n) is 8.04. The Hall–Kier alpha value is -2.11. The molecule has 0 heterocycles. The van der Waals surface area contributed by atoms with Gasteiger partial charge in [-0.25, -0.2) is 0 Å². The smallest absolute Gasteiger partial charge is 0.170 e. The minimum absolute atomic E-state index is 0.105. The Morgan fingerprint density at radius 1 is 1.12 bits per heavy atom. The topological polar surface area (TPSA) is 42.5 Å². The molecule has 2 aromatic carbocycles. The highest BCUT2D eigenvalue weighted by atomic mass is 32.1. The third-order valence-electron chi connectivity index (χ3n) is 3.57. The lowest BCUT2D eigenvalue weighted by Crippen LogP contribution is -2.29. The van der Waals surface area contributed by atoms with Crippen molar-refractivity contribution in [2.45, 2.75) is 19.4 Å². The zero-order valence-corrected chi connectivity index (χ0v) is 14.9. The van der Waals surface area contributed by atoms with E-state index in [4.69, 9.17) is 21.7 Å². The summed E-state index contributed by atoms with van der Waals surface area (Å²) in [7, 11) is 1.64. The molecule has 0 unspecified atom stereocenters. The molecule has 0 fully saturated rings. The number of rotatable bonds is 8. The molecule has 0 aliphatic carbocycles. The van der Waals surface area contributed by atoms with Crippen LogP contribution in [0.3, 0.4) is 0 Å². The van der Waals surface area contributed by atoms with Crippen LogP contribution >= 0.6 is 12.2 Å². The number of benzene rings is 2. The largest absolute Gasteiger partial charge is 0.497 e. The van der Waals surface area contributed by atoms with Gasteiger partial charge in [-0.1, -0.05) is 36.4 Å². The second-order valence-electron chi connectivity index (χ2n) is 5.39. The first-order valence-corrected chi connectivity index (χ1v) is 8.45. The number of thiocarbonyl (C=S) groups is 1. The molecule has 0 saturated heterocycles. The molecule has 0 saturated carbocycles. The Balaban J connectivity index is 1.62. The molecular formula is C19H24N2O2S. The summed E-state index contributed by atoms with van der Waals surface area (Å²) in [6.07, 6.45) is 0.991. The lowest BCUT2D eigenvalue weighted by atomic mass is 10.1. The van der Waals surface area contributed by atoms with E-state index in [1.165, 1.54) is 5.56 Å². The van der Waals surface area contributed by atoms with E-state index in [9.17, 15) is 0 Å². The fourth-order valence-electron chi connectivity index (χ4n) is 2.23. The predicted octanol–water partition coefficient (Wildman–Crippen LogP) is 4.15. The van der Waals surface area contributed by atoms with Crippen molar-refractivity contribution >= 4 is 23.0 Å². The maximum Gasteiger partial charge on any atom is 0.170 e. The van der Waals surface area contributed by atoms with Crippen LogP contribution in [0.1, 0.15) is 25.0 Å². The van der Waals surface area contributed by atoms with Crippen molar-refractivity contribution in [3.63, 3.8) is 0 Å². The summed E-state index contributed by atoms with van der Waals surface area (Å²) in [6.45, 7) is 3.51. The van der Waals surface area contributed by atoms with Crippen LogP contribution in [0.2, 0.25) is 0 Å². The molecule has 128 valence electrons. The van der Waals surface area contributed by atoms with E-state index in [1.807, 2.05) is 42.5 Å². The van der Waals surface area contributed by atoms with E-state index in [0.29, 0.717) is 11.7 Å². The summed E-state index contributed by atoms with van der Waals surface area (Å²) in [5.74, 6) is 0.797. The average Bonchev–Trinajstić information content (AvgIpc) is 2.62. The van der Waals surface area contributed by atoms with Crippen molar-refractivity contribution in [1.82, 2.24) is 5.32 Å². The van der Waals surface area contributed by atoms with Crippen molar-refractivity contribution in [1.29, 1.82) is 0 Å².